The van der Waals surface area contributed by atoms with Crippen LogP contribution in [-0.4, -0.2) is 60.1 Å². The molecule has 0 radical (unpaired) electrons. The van der Waals surface area contributed by atoms with Crippen LogP contribution in [0.3, 0.4) is 0 Å². The maximum atomic E-state index is 13.2. The zero-order valence-corrected chi connectivity index (χ0v) is 30.7. The minimum Gasteiger partial charge on any atom is -1.00 e. The van der Waals surface area contributed by atoms with E-state index in [4.69, 9.17) is 4.74 Å². The van der Waals surface area contributed by atoms with E-state index in [1.165, 1.54) is 127 Å². The Kier molecular flexibility index (Phi) is 18.0. The summed E-state index contributed by atoms with van der Waals surface area (Å²) in [6.45, 7) is 6.76. The van der Waals surface area contributed by atoms with Crippen molar-refractivity contribution in [3.05, 3.63) is 52.1 Å². The second kappa shape index (κ2) is 20.8. The highest BCUT2D eigenvalue weighted by molar-refractivity contribution is 6.30. The van der Waals surface area contributed by atoms with E-state index in [2.05, 4.69) is 21.0 Å². The van der Waals surface area contributed by atoms with Gasteiger partial charge in [0.1, 0.15) is 17.2 Å². The second-order valence-corrected chi connectivity index (χ2v) is 14.0. The predicted molar refractivity (Wildman–Crippen MR) is 184 cm³/mol. The van der Waals surface area contributed by atoms with Crippen molar-refractivity contribution >= 4 is 11.6 Å². The van der Waals surface area contributed by atoms with Gasteiger partial charge in [0.15, 0.2) is 5.78 Å². The molecule has 0 saturated carbocycles. The van der Waals surface area contributed by atoms with E-state index in [-0.39, 0.29) is 50.7 Å². The molecule has 6 nitrogen and oxygen atoms in total. The molecule has 2 N–H and O–H groups in total. The number of ketones is 2. The molecule has 0 saturated heterocycles. The predicted octanol–water partition coefficient (Wildman–Crippen LogP) is 6.68. The Balaban J connectivity index is 0.00000736. The van der Waals surface area contributed by atoms with Gasteiger partial charge >= 0.3 is 0 Å². The third kappa shape index (κ3) is 12.7. The quantitative estimate of drug-likeness (QED) is 0.0852. The third-order valence-corrected chi connectivity index (χ3v) is 9.34. The van der Waals surface area contributed by atoms with Gasteiger partial charge in [0.05, 0.1) is 44.9 Å². The summed E-state index contributed by atoms with van der Waals surface area (Å²) in [4.78, 5) is 26.2. The van der Waals surface area contributed by atoms with Crippen LogP contribution < -0.4 is 21.7 Å². The van der Waals surface area contributed by atoms with Crippen LogP contribution in [0.1, 0.15) is 160 Å². The molecule has 0 aliphatic heterocycles. The lowest BCUT2D eigenvalue weighted by molar-refractivity contribution is -0.890. The summed E-state index contributed by atoms with van der Waals surface area (Å²) in [5.41, 5.74) is 0.827. The number of fused-ring (bicyclic) bond motifs is 2. The Morgan fingerprint density at radius 1 is 0.587 bits per heavy atom. The van der Waals surface area contributed by atoms with Gasteiger partial charge in [0.2, 0.25) is 5.78 Å². The first-order chi connectivity index (χ1) is 21.6. The van der Waals surface area contributed by atoms with Crippen LogP contribution in [-0.2, 0) is 0 Å². The summed E-state index contributed by atoms with van der Waals surface area (Å²) in [6, 6.07) is 5.97. The maximum absolute atomic E-state index is 13.2. The molecule has 0 atom stereocenters. The van der Waals surface area contributed by atoms with Gasteiger partial charge in [-0.2, -0.15) is 0 Å². The number of nitrogens with zero attached hydrogens (tertiary/aromatic N) is 1. The van der Waals surface area contributed by atoms with Crippen molar-refractivity contribution in [1.29, 1.82) is 0 Å². The topological polar surface area (TPSA) is 83.8 Å². The molecule has 2 aromatic carbocycles. The molecule has 0 aromatic heterocycles. The third-order valence-electron chi connectivity index (χ3n) is 9.34. The summed E-state index contributed by atoms with van der Waals surface area (Å²) in [5.74, 6) is -1.12. The number of hydrogen-bond acceptors (Lipinski definition) is 5. The first-order valence-electron chi connectivity index (χ1n) is 17.9. The van der Waals surface area contributed by atoms with Gasteiger partial charge in [-0.05, 0) is 56.4 Å². The van der Waals surface area contributed by atoms with Crippen LogP contribution in [0.15, 0.2) is 24.3 Å². The van der Waals surface area contributed by atoms with E-state index in [9.17, 15) is 19.8 Å². The minimum atomic E-state index is -0.550. The number of quaternary nitrogens is 1. The smallest absolute Gasteiger partial charge is 0.201 e. The van der Waals surface area contributed by atoms with Gasteiger partial charge in [-0.15, -0.1) is 0 Å². The lowest BCUT2D eigenvalue weighted by Crippen LogP contribution is -3.00. The molecule has 0 amide bonds. The van der Waals surface area contributed by atoms with Crippen LogP contribution >= 0.6 is 0 Å². The zero-order valence-electron chi connectivity index (χ0n) is 29.1. The highest BCUT2D eigenvalue weighted by Gasteiger charge is 2.35. The van der Waals surface area contributed by atoms with Crippen molar-refractivity contribution in [2.24, 2.45) is 0 Å². The van der Waals surface area contributed by atoms with Crippen molar-refractivity contribution in [1.82, 2.24) is 0 Å². The Labute approximate surface area is 289 Å². The number of benzene rings is 2. The van der Waals surface area contributed by atoms with E-state index < -0.39 is 11.6 Å². The summed E-state index contributed by atoms with van der Waals surface area (Å²) in [7, 11) is 4.60. The van der Waals surface area contributed by atoms with Gasteiger partial charge in [-0.25, -0.2) is 0 Å². The normalized spacial score (nSPS) is 12.5. The summed E-state index contributed by atoms with van der Waals surface area (Å²) < 4.78 is 6.90. The molecule has 7 heteroatoms. The molecule has 0 bridgehead atoms. The van der Waals surface area contributed by atoms with Crippen LogP contribution in [0.2, 0.25) is 0 Å². The average molecular weight is 703 g/mol. The van der Waals surface area contributed by atoms with Crippen LogP contribution in [0.4, 0.5) is 0 Å². The molecule has 2 aromatic rings. The monoisotopic (exact) mass is 701 g/mol. The number of phenolic OH excluding ortho intramolecular Hbond substituents is 2. The molecular weight excluding hydrogens is 642 g/mol. The van der Waals surface area contributed by atoms with Crippen LogP contribution in [0, 0.1) is 6.92 Å². The standard InChI is InChI=1S/C39H59NO5.BrH/c1-5-6-7-8-9-10-11-12-13-14-15-16-17-18-19-20-23-40(3,4)24-21-22-25-45-31-28-33-37(35(42)29-31)39(44)36-32(38(33)43)26-30(2)27-34(36)41;/h26-29H,5-25H2,1-4H3,(H-,41,42,44);1H. The number of halogens is 1. The van der Waals surface area contributed by atoms with Crippen molar-refractivity contribution in [2.45, 2.75) is 129 Å². The Hall–Kier alpha value is -2.38. The molecule has 0 fully saturated rings. The Bertz CT molecular complexity index is 1240. The van der Waals surface area contributed by atoms with Crippen molar-refractivity contribution in [3.8, 4) is 17.2 Å². The number of aromatic hydroxyl groups is 2. The second-order valence-electron chi connectivity index (χ2n) is 14.0. The summed E-state index contributed by atoms with van der Waals surface area (Å²) in [5, 5.41) is 20.9. The molecule has 3 rings (SSSR count). The maximum Gasteiger partial charge on any atom is 0.201 e. The molecule has 0 heterocycles. The molecular formula is C39H60BrNO5. The van der Waals surface area contributed by atoms with Crippen molar-refractivity contribution < 1.29 is 46.0 Å². The van der Waals surface area contributed by atoms with E-state index in [0.717, 1.165) is 23.9 Å². The number of phenols is 2. The SMILES string of the molecule is CCCCCCCCCCCCCCCCCC[N+](C)(C)CCCCOc1cc(O)c2c(c1)C(=O)c1cc(C)cc(O)c1C2=O.[Br-]. The number of carbonyl (C=O) groups excluding carboxylic acids is 2. The van der Waals surface area contributed by atoms with Crippen LogP contribution in [0.5, 0.6) is 17.2 Å². The average Bonchev–Trinajstić information content (AvgIpc) is 2.98. The first-order valence-corrected chi connectivity index (χ1v) is 17.9. The lowest BCUT2D eigenvalue weighted by atomic mass is 9.82. The number of hydrogen-bond donors (Lipinski definition) is 2. The first kappa shape index (κ1) is 39.8. The zero-order chi connectivity index (χ0) is 32.7. The van der Waals surface area contributed by atoms with Gasteiger partial charge in [-0.1, -0.05) is 96.8 Å². The van der Waals surface area contributed by atoms with E-state index in [1.807, 2.05) is 0 Å². The van der Waals surface area contributed by atoms with Gasteiger partial charge in [0, 0.05) is 17.2 Å². The number of unbranched alkanes of at least 4 members (excludes halogenated alkanes) is 16. The fourth-order valence-electron chi connectivity index (χ4n) is 6.59. The summed E-state index contributed by atoms with van der Waals surface area (Å²) in [6.07, 6.45) is 24.1. The van der Waals surface area contributed by atoms with Gasteiger partial charge in [0.25, 0.3) is 0 Å². The number of carbonyl (C=O) groups is 2. The Morgan fingerprint density at radius 2 is 1.02 bits per heavy atom. The van der Waals surface area contributed by atoms with E-state index in [0.29, 0.717) is 17.9 Å². The van der Waals surface area contributed by atoms with E-state index in [1.54, 1.807) is 13.0 Å². The highest BCUT2D eigenvalue weighted by atomic mass is 79.9. The molecule has 1 aliphatic carbocycles. The fourth-order valence-corrected chi connectivity index (χ4v) is 6.59. The Morgan fingerprint density at radius 3 is 1.54 bits per heavy atom. The molecule has 0 unspecified atom stereocenters. The van der Waals surface area contributed by atoms with Crippen molar-refractivity contribution in [3.63, 3.8) is 0 Å². The molecule has 0 spiro atoms. The highest BCUT2D eigenvalue weighted by Crippen LogP contribution is 2.39. The van der Waals surface area contributed by atoms with Crippen molar-refractivity contribution in [2.75, 3.05) is 33.8 Å². The largest absolute Gasteiger partial charge is 1.00 e. The molecule has 1 aliphatic rings. The van der Waals surface area contributed by atoms with Gasteiger partial charge in [-0.3, -0.25) is 9.59 Å². The van der Waals surface area contributed by atoms with Gasteiger partial charge < -0.3 is 36.4 Å². The molecule has 258 valence electrons. The van der Waals surface area contributed by atoms with Crippen LogP contribution in [0.25, 0.3) is 0 Å². The number of rotatable bonds is 23. The fraction of sp³-hybridized carbons (Fsp3) is 0.641. The molecule has 46 heavy (non-hydrogen) atoms. The minimum absolute atomic E-state index is 0. The lowest BCUT2D eigenvalue weighted by Gasteiger charge is -2.30. The number of aryl methyl sites for hydroxylation is 1. The van der Waals surface area contributed by atoms with E-state index >= 15 is 0 Å². The summed E-state index contributed by atoms with van der Waals surface area (Å²) >= 11 is 0. The number of ether oxygens (including phenoxy) is 1.